The molecule has 1 aromatic carbocycles. The first-order valence-electron chi connectivity index (χ1n) is 14.1. The second-order valence-electron chi connectivity index (χ2n) is 10.9. The van der Waals surface area contributed by atoms with Gasteiger partial charge in [0.1, 0.15) is 12.1 Å². The third-order valence-corrected chi connectivity index (χ3v) is 7.80. The summed E-state index contributed by atoms with van der Waals surface area (Å²) in [4.78, 5) is 42.8. The summed E-state index contributed by atoms with van der Waals surface area (Å²) < 4.78 is 31.5. The Kier molecular flexibility index (Phi) is 10.4. The first-order chi connectivity index (χ1) is 21.2. The number of nitrogens with one attached hydrogen (secondary N) is 2. The average molecular weight is 693 g/mol. The molecule has 2 N–H and O–H groups in total. The number of benzene rings is 1. The predicted molar refractivity (Wildman–Crippen MR) is 167 cm³/mol. The van der Waals surface area contributed by atoms with Gasteiger partial charge in [-0.1, -0.05) is 0 Å². The average Bonchev–Trinajstić information content (AvgIpc) is 3.72. The number of aromatic nitrogens is 4. The van der Waals surface area contributed by atoms with Gasteiger partial charge in [-0.25, -0.2) is 9.69 Å². The van der Waals surface area contributed by atoms with Gasteiger partial charge in [0, 0.05) is 44.1 Å². The molecule has 4 heterocycles. The van der Waals surface area contributed by atoms with E-state index in [1.165, 1.54) is 4.90 Å². The van der Waals surface area contributed by atoms with E-state index >= 15 is 0 Å². The van der Waals surface area contributed by atoms with E-state index in [4.69, 9.17) is 18.9 Å². The largest absolute Gasteiger partial charge is 0.509 e. The molecule has 2 aromatic heterocycles. The standard InChI is InChI=1S/C27H34BrN9O6S/c1-27(2,3)33-14-17(15-41-24-23(34-44-35-24)36-10-12-40-13-11-36)43-26(39)42-16-20(38)37(25-31-8-9-32-25)19-5-4-18-22(21(19)28)30-7-6-29-18/h4-7,17,33H,8-16H2,1-3H3,(H,31,32)/t17-/m0/s1. The van der Waals surface area contributed by atoms with Gasteiger partial charge in [-0.15, -0.1) is 4.37 Å². The molecule has 2 aliphatic rings. The van der Waals surface area contributed by atoms with Gasteiger partial charge in [-0.05, 0) is 48.8 Å². The molecule has 0 bridgehead atoms. The summed E-state index contributed by atoms with van der Waals surface area (Å²) in [6.45, 7) is 9.25. The quantitative estimate of drug-likeness (QED) is 0.298. The monoisotopic (exact) mass is 691 g/mol. The summed E-state index contributed by atoms with van der Waals surface area (Å²) in [5.74, 6) is 0.784. The van der Waals surface area contributed by atoms with E-state index in [2.05, 4.69) is 50.3 Å². The van der Waals surface area contributed by atoms with E-state index in [-0.39, 0.29) is 18.7 Å². The van der Waals surface area contributed by atoms with Crippen molar-refractivity contribution in [2.45, 2.75) is 32.4 Å². The van der Waals surface area contributed by atoms with Crippen LogP contribution in [0.1, 0.15) is 20.8 Å². The highest BCUT2D eigenvalue weighted by Crippen LogP contribution is 2.32. The zero-order chi connectivity index (χ0) is 31.1. The molecule has 1 amide bonds. The SMILES string of the molecule is CC(C)(C)NC[C@@H](COc1nsnc1N1CCOCC1)OC(=O)OCC(=O)N(C1=NCCN1)c1ccc2nccnc2c1Br. The molecule has 1 atom stereocenters. The molecular weight excluding hydrogens is 658 g/mol. The van der Waals surface area contributed by atoms with Crippen molar-refractivity contribution in [3.63, 3.8) is 0 Å². The molecular formula is C27H34BrN9O6S. The molecule has 1 fully saturated rings. The van der Waals surface area contributed by atoms with Gasteiger partial charge in [0.2, 0.25) is 11.8 Å². The van der Waals surface area contributed by atoms with Crippen LogP contribution in [0.4, 0.5) is 16.3 Å². The van der Waals surface area contributed by atoms with E-state index in [1.54, 1.807) is 24.5 Å². The lowest BCUT2D eigenvalue weighted by atomic mass is 10.1. The number of nitrogens with zero attached hydrogens (tertiary/aromatic N) is 7. The number of morpholine rings is 1. The Bertz CT molecular complexity index is 1490. The minimum absolute atomic E-state index is 0.00714. The van der Waals surface area contributed by atoms with Crippen LogP contribution in [-0.4, -0.2) is 108 Å². The van der Waals surface area contributed by atoms with Crippen molar-refractivity contribution >= 4 is 68.2 Å². The molecule has 236 valence electrons. The summed E-state index contributed by atoms with van der Waals surface area (Å²) >= 11 is 4.60. The van der Waals surface area contributed by atoms with Crippen LogP contribution in [0.25, 0.3) is 11.0 Å². The number of rotatable bonds is 10. The Morgan fingerprint density at radius 3 is 2.75 bits per heavy atom. The fourth-order valence-electron chi connectivity index (χ4n) is 4.38. The smallest absolute Gasteiger partial charge is 0.470 e. The lowest BCUT2D eigenvalue weighted by Crippen LogP contribution is -2.46. The topological polar surface area (TPSA) is 166 Å². The van der Waals surface area contributed by atoms with Crippen molar-refractivity contribution in [2.24, 2.45) is 4.99 Å². The van der Waals surface area contributed by atoms with Crippen LogP contribution in [0.5, 0.6) is 5.88 Å². The summed E-state index contributed by atoms with van der Waals surface area (Å²) in [5.41, 5.74) is 1.44. The van der Waals surface area contributed by atoms with Gasteiger partial charge < -0.3 is 34.5 Å². The van der Waals surface area contributed by atoms with Crippen molar-refractivity contribution in [3.05, 3.63) is 29.0 Å². The number of amides is 1. The van der Waals surface area contributed by atoms with Gasteiger partial charge >= 0.3 is 6.16 Å². The number of hydrogen-bond donors (Lipinski definition) is 2. The third kappa shape index (κ3) is 8.08. The minimum Gasteiger partial charge on any atom is -0.470 e. The van der Waals surface area contributed by atoms with Gasteiger partial charge in [-0.2, -0.15) is 4.37 Å². The Labute approximate surface area is 266 Å². The van der Waals surface area contributed by atoms with E-state index in [0.717, 1.165) is 11.7 Å². The second-order valence-corrected chi connectivity index (χ2v) is 12.2. The van der Waals surface area contributed by atoms with Crippen molar-refractivity contribution in [1.82, 2.24) is 29.3 Å². The molecule has 2 aliphatic heterocycles. The molecule has 0 radical (unpaired) electrons. The lowest BCUT2D eigenvalue weighted by Gasteiger charge is -2.27. The van der Waals surface area contributed by atoms with Crippen molar-refractivity contribution < 1.29 is 28.5 Å². The zero-order valence-electron chi connectivity index (χ0n) is 24.6. The maximum Gasteiger partial charge on any atom is 0.509 e. The minimum atomic E-state index is -1.02. The Balaban J connectivity index is 1.24. The molecule has 1 saturated heterocycles. The fraction of sp³-hybridized carbons (Fsp3) is 0.519. The number of hydrogen-bond acceptors (Lipinski definition) is 15. The normalized spacial score (nSPS) is 15.8. The van der Waals surface area contributed by atoms with Crippen molar-refractivity contribution in [1.29, 1.82) is 0 Å². The first-order valence-corrected chi connectivity index (χ1v) is 15.6. The fourth-order valence-corrected chi connectivity index (χ4v) is 5.52. The summed E-state index contributed by atoms with van der Waals surface area (Å²) in [7, 11) is 0. The van der Waals surface area contributed by atoms with E-state index in [1.807, 2.05) is 25.7 Å². The second kappa shape index (κ2) is 14.4. The van der Waals surface area contributed by atoms with E-state index < -0.39 is 24.8 Å². The summed E-state index contributed by atoms with van der Waals surface area (Å²) in [6, 6.07) is 3.48. The number of anilines is 2. The van der Waals surface area contributed by atoms with Crippen LogP contribution in [-0.2, 0) is 19.0 Å². The van der Waals surface area contributed by atoms with Gasteiger partial charge in [0.05, 0.1) is 47.2 Å². The lowest BCUT2D eigenvalue weighted by molar-refractivity contribution is -0.121. The van der Waals surface area contributed by atoms with Crippen LogP contribution in [0.15, 0.2) is 34.0 Å². The Hall–Kier alpha value is -3.67. The van der Waals surface area contributed by atoms with Crippen LogP contribution in [0.3, 0.4) is 0 Å². The molecule has 0 aliphatic carbocycles. The number of carbonyl (C=O) groups is 2. The highest BCUT2D eigenvalue weighted by Gasteiger charge is 2.29. The van der Waals surface area contributed by atoms with Crippen molar-refractivity contribution in [3.8, 4) is 5.88 Å². The van der Waals surface area contributed by atoms with Crippen LogP contribution in [0.2, 0.25) is 0 Å². The maximum absolute atomic E-state index is 13.5. The number of ether oxygens (including phenoxy) is 4. The number of guanidine groups is 1. The van der Waals surface area contributed by atoms with Crippen LogP contribution < -0.4 is 25.2 Å². The van der Waals surface area contributed by atoms with Crippen LogP contribution in [0, 0.1) is 0 Å². The predicted octanol–water partition coefficient (Wildman–Crippen LogP) is 2.36. The number of fused-ring (bicyclic) bond motifs is 1. The maximum atomic E-state index is 13.5. The Morgan fingerprint density at radius 1 is 1.20 bits per heavy atom. The summed E-state index contributed by atoms with van der Waals surface area (Å²) in [6.07, 6.45) is 1.39. The molecule has 0 spiro atoms. The van der Waals surface area contributed by atoms with Crippen molar-refractivity contribution in [2.75, 3.05) is 69.0 Å². The molecule has 44 heavy (non-hydrogen) atoms. The Morgan fingerprint density at radius 2 is 2.00 bits per heavy atom. The van der Waals surface area contributed by atoms with Gasteiger partial charge in [-0.3, -0.25) is 19.8 Å². The molecule has 3 aromatic rings. The van der Waals surface area contributed by atoms with Crippen LogP contribution >= 0.6 is 27.7 Å². The van der Waals surface area contributed by atoms with Gasteiger partial charge in [0.15, 0.2) is 12.7 Å². The van der Waals surface area contributed by atoms with Gasteiger partial charge in [0.25, 0.3) is 11.8 Å². The molecule has 0 saturated carbocycles. The third-order valence-electron chi connectivity index (χ3n) is 6.51. The van der Waals surface area contributed by atoms with E-state index in [0.29, 0.717) is 78.2 Å². The van der Waals surface area contributed by atoms with E-state index in [9.17, 15) is 9.59 Å². The molecule has 0 unspecified atom stereocenters. The summed E-state index contributed by atoms with van der Waals surface area (Å²) in [5, 5.41) is 6.41. The number of aliphatic imine (C=N–C) groups is 1. The highest BCUT2D eigenvalue weighted by molar-refractivity contribution is 9.10. The molecule has 15 nitrogen and oxygen atoms in total. The number of halogens is 1. The number of carbonyl (C=O) groups excluding carboxylic acids is 2. The molecule has 17 heteroatoms. The first kappa shape index (κ1) is 31.7. The zero-order valence-corrected chi connectivity index (χ0v) is 27.0. The molecule has 5 rings (SSSR count). The highest BCUT2D eigenvalue weighted by atomic mass is 79.9.